The fourth-order valence-electron chi connectivity index (χ4n) is 1.24. The van der Waals surface area contributed by atoms with Crippen molar-refractivity contribution < 1.29 is 31.8 Å². The molecular formula is C12H12F4O3. The maximum Gasteiger partial charge on any atom is 0.411 e. The van der Waals surface area contributed by atoms with E-state index in [1.807, 2.05) is 0 Å². The number of alkyl halides is 3. The number of carbonyl (C=O) groups excluding carboxylic acids is 1. The quantitative estimate of drug-likeness (QED) is 0.437. The first-order chi connectivity index (χ1) is 8.92. The van der Waals surface area contributed by atoms with Crippen molar-refractivity contribution in [2.75, 3.05) is 19.8 Å². The molecule has 0 unspecified atom stereocenters. The van der Waals surface area contributed by atoms with Crippen LogP contribution in [0.15, 0.2) is 18.2 Å². The molecule has 0 saturated heterocycles. The maximum atomic E-state index is 13.3. The van der Waals surface area contributed by atoms with Gasteiger partial charge in [-0.15, -0.1) is 0 Å². The molecule has 0 spiro atoms. The number of benzene rings is 1. The summed E-state index contributed by atoms with van der Waals surface area (Å²) in [5.74, 6) is -0.748. The Kier molecular flexibility index (Phi) is 5.75. The summed E-state index contributed by atoms with van der Waals surface area (Å²) in [5.41, 5.74) is 0.179. The lowest BCUT2D eigenvalue weighted by Gasteiger charge is -2.09. The molecule has 0 atom stereocenters. The molecule has 19 heavy (non-hydrogen) atoms. The van der Waals surface area contributed by atoms with Gasteiger partial charge in [0.2, 0.25) is 0 Å². The summed E-state index contributed by atoms with van der Waals surface area (Å²) in [4.78, 5) is 10.4. The van der Waals surface area contributed by atoms with Crippen molar-refractivity contribution >= 4 is 6.29 Å². The molecule has 7 heteroatoms. The number of hydrogen-bond donors (Lipinski definition) is 0. The van der Waals surface area contributed by atoms with E-state index in [2.05, 4.69) is 4.74 Å². The highest BCUT2D eigenvalue weighted by molar-refractivity contribution is 5.74. The van der Waals surface area contributed by atoms with E-state index in [-0.39, 0.29) is 30.9 Å². The van der Waals surface area contributed by atoms with Crippen molar-refractivity contribution in [2.45, 2.75) is 12.6 Å². The van der Waals surface area contributed by atoms with E-state index in [0.717, 1.165) is 6.07 Å². The highest BCUT2D eigenvalue weighted by atomic mass is 19.4. The van der Waals surface area contributed by atoms with Gasteiger partial charge in [0, 0.05) is 12.0 Å². The first-order valence-corrected chi connectivity index (χ1v) is 5.44. The third kappa shape index (κ3) is 6.19. The predicted octanol–water partition coefficient (Wildman–Crippen LogP) is 2.99. The van der Waals surface area contributed by atoms with E-state index < -0.39 is 18.6 Å². The predicted molar refractivity (Wildman–Crippen MR) is 58.8 cm³/mol. The first-order valence-electron chi connectivity index (χ1n) is 5.44. The fraction of sp³-hybridized carbons (Fsp3) is 0.417. The summed E-state index contributed by atoms with van der Waals surface area (Å²) in [6, 6.07) is 3.68. The summed E-state index contributed by atoms with van der Waals surface area (Å²) in [5, 5.41) is 0. The lowest BCUT2D eigenvalue weighted by atomic mass is 10.2. The van der Waals surface area contributed by atoms with Gasteiger partial charge < -0.3 is 9.47 Å². The van der Waals surface area contributed by atoms with E-state index in [1.165, 1.54) is 12.1 Å². The van der Waals surface area contributed by atoms with Gasteiger partial charge in [-0.25, -0.2) is 4.39 Å². The molecule has 0 fully saturated rings. The van der Waals surface area contributed by atoms with Gasteiger partial charge in [-0.2, -0.15) is 13.2 Å². The van der Waals surface area contributed by atoms with Crippen LogP contribution in [0.4, 0.5) is 17.6 Å². The maximum absolute atomic E-state index is 13.3. The van der Waals surface area contributed by atoms with E-state index in [9.17, 15) is 22.4 Å². The number of rotatable bonds is 7. The monoisotopic (exact) mass is 280 g/mol. The molecule has 1 aromatic carbocycles. The second kappa shape index (κ2) is 7.08. The van der Waals surface area contributed by atoms with Crippen LogP contribution in [-0.4, -0.2) is 32.3 Å². The van der Waals surface area contributed by atoms with Gasteiger partial charge in [0.05, 0.1) is 13.2 Å². The lowest BCUT2D eigenvalue weighted by Crippen LogP contribution is -2.18. The zero-order valence-electron chi connectivity index (χ0n) is 9.87. The molecule has 0 aromatic heterocycles. The molecule has 1 aromatic rings. The Morgan fingerprint density at radius 2 is 1.95 bits per heavy atom. The Morgan fingerprint density at radius 3 is 2.53 bits per heavy atom. The average Bonchev–Trinajstić information content (AvgIpc) is 2.33. The number of halogens is 4. The molecule has 3 nitrogen and oxygen atoms in total. The second-order valence-corrected chi connectivity index (χ2v) is 3.68. The van der Waals surface area contributed by atoms with Crippen molar-refractivity contribution in [3.8, 4) is 5.75 Å². The van der Waals surface area contributed by atoms with Gasteiger partial charge in [0.15, 0.2) is 11.6 Å². The highest BCUT2D eigenvalue weighted by Crippen LogP contribution is 2.18. The Morgan fingerprint density at radius 1 is 1.21 bits per heavy atom. The summed E-state index contributed by atoms with van der Waals surface area (Å²) in [6.07, 6.45) is -3.65. The van der Waals surface area contributed by atoms with Crippen molar-refractivity contribution in [3.05, 3.63) is 29.6 Å². The number of aldehydes is 1. The normalized spacial score (nSPS) is 11.4. The molecular weight excluding hydrogens is 268 g/mol. The third-order valence-electron chi connectivity index (χ3n) is 2.05. The summed E-state index contributed by atoms with van der Waals surface area (Å²) >= 11 is 0. The molecule has 0 saturated carbocycles. The molecule has 1 rings (SSSR count). The molecule has 0 bridgehead atoms. The third-order valence-corrected chi connectivity index (χ3v) is 2.05. The molecule has 0 radical (unpaired) electrons. The van der Waals surface area contributed by atoms with Crippen LogP contribution >= 0.6 is 0 Å². The minimum Gasteiger partial charge on any atom is -0.490 e. The van der Waals surface area contributed by atoms with Crippen LogP contribution in [0.2, 0.25) is 0 Å². The summed E-state index contributed by atoms with van der Waals surface area (Å²) in [6.45, 7) is -1.42. The fourth-order valence-corrected chi connectivity index (χ4v) is 1.24. The topological polar surface area (TPSA) is 35.5 Å². The first kappa shape index (κ1) is 15.4. The molecule has 0 aliphatic carbocycles. The Hall–Kier alpha value is -1.63. The smallest absolute Gasteiger partial charge is 0.411 e. The van der Waals surface area contributed by atoms with Gasteiger partial charge in [-0.1, -0.05) is 0 Å². The van der Waals surface area contributed by atoms with Crippen LogP contribution in [0.3, 0.4) is 0 Å². The zero-order chi connectivity index (χ0) is 14.3. The molecule has 0 aliphatic heterocycles. The summed E-state index contributed by atoms with van der Waals surface area (Å²) < 4.78 is 57.8. The van der Waals surface area contributed by atoms with Crippen LogP contribution in [0.1, 0.15) is 16.8 Å². The lowest BCUT2D eigenvalue weighted by molar-refractivity contribution is -0.174. The minimum atomic E-state index is -4.35. The van der Waals surface area contributed by atoms with Crippen LogP contribution < -0.4 is 4.74 Å². The summed E-state index contributed by atoms with van der Waals surface area (Å²) in [7, 11) is 0. The van der Waals surface area contributed by atoms with Gasteiger partial charge >= 0.3 is 6.18 Å². The number of carbonyl (C=O) groups is 1. The van der Waals surface area contributed by atoms with Crippen LogP contribution in [0, 0.1) is 5.82 Å². The molecule has 0 N–H and O–H groups in total. The molecule has 0 amide bonds. The molecule has 0 aliphatic rings. The second-order valence-electron chi connectivity index (χ2n) is 3.68. The van der Waals surface area contributed by atoms with Gasteiger partial charge in [0.1, 0.15) is 12.9 Å². The van der Waals surface area contributed by atoms with Gasteiger partial charge in [-0.05, 0) is 18.2 Å². The van der Waals surface area contributed by atoms with E-state index in [4.69, 9.17) is 4.74 Å². The van der Waals surface area contributed by atoms with Crippen molar-refractivity contribution in [1.82, 2.24) is 0 Å². The van der Waals surface area contributed by atoms with Crippen LogP contribution in [-0.2, 0) is 4.74 Å². The largest absolute Gasteiger partial charge is 0.490 e. The zero-order valence-corrected chi connectivity index (χ0v) is 9.87. The average molecular weight is 280 g/mol. The van der Waals surface area contributed by atoms with Crippen molar-refractivity contribution in [3.63, 3.8) is 0 Å². The standard InChI is InChI=1S/C12H12F4O3/c13-10-6-9(7-17)2-3-11(10)19-5-1-4-18-8-12(14,15)16/h2-3,6-7H,1,4-5,8H2. The Balaban J connectivity index is 2.24. The Bertz CT molecular complexity index is 418. The molecule has 106 valence electrons. The minimum absolute atomic E-state index is 0.0230. The van der Waals surface area contributed by atoms with E-state index in [0.29, 0.717) is 6.29 Å². The molecule has 0 heterocycles. The van der Waals surface area contributed by atoms with Crippen LogP contribution in [0.25, 0.3) is 0 Å². The van der Waals surface area contributed by atoms with E-state index in [1.54, 1.807) is 0 Å². The van der Waals surface area contributed by atoms with Crippen molar-refractivity contribution in [1.29, 1.82) is 0 Å². The highest BCUT2D eigenvalue weighted by Gasteiger charge is 2.27. The number of ether oxygens (including phenoxy) is 2. The van der Waals surface area contributed by atoms with Gasteiger partial charge in [-0.3, -0.25) is 4.79 Å². The Labute approximate surface area is 107 Å². The van der Waals surface area contributed by atoms with E-state index >= 15 is 0 Å². The van der Waals surface area contributed by atoms with Crippen LogP contribution in [0.5, 0.6) is 5.75 Å². The number of hydrogen-bond acceptors (Lipinski definition) is 3. The van der Waals surface area contributed by atoms with Crippen molar-refractivity contribution in [2.24, 2.45) is 0 Å². The SMILES string of the molecule is O=Cc1ccc(OCCCOCC(F)(F)F)c(F)c1. The van der Waals surface area contributed by atoms with Gasteiger partial charge in [0.25, 0.3) is 0 Å².